The van der Waals surface area contributed by atoms with Crippen molar-refractivity contribution in [2.75, 3.05) is 6.54 Å². The Morgan fingerprint density at radius 3 is 2.44 bits per heavy atom. The van der Waals surface area contributed by atoms with Crippen molar-refractivity contribution in [3.63, 3.8) is 0 Å². The molecule has 1 amide bonds. The van der Waals surface area contributed by atoms with Gasteiger partial charge in [0.25, 0.3) is 0 Å². The zero-order valence-electron chi connectivity index (χ0n) is 9.64. The largest absolute Gasteiger partial charge is 0.352 e. The minimum absolute atomic E-state index is 0.0814. The fourth-order valence-electron chi connectivity index (χ4n) is 1.56. The molecule has 0 saturated carbocycles. The van der Waals surface area contributed by atoms with Crippen LogP contribution in [0.4, 0.5) is 4.39 Å². The number of benzene rings is 1. The molecule has 0 radical (unpaired) electrons. The van der Waals surface area contributed by atoms with Crippen LogP contribution < -0.4 is 11.1 Å². The second-order valence-corrected chi connectivity index (χ2v) is 3.86. The highest BCUT2D eigenvalue weighted by molar-refractivity contribution is 5.76. The van der Waals surface area contributed by atoms with Crippen molar-refractivity contribution in [1.29, 1.82) is 0 Å². The second kappa shape index (κ2) is 5.61. The molecule has 0 atom stereocenters. The van der Waals surface area contributed by atoms with Gasteiger partial charge < -0.3 is 11.1 Å². The van der Waals surface area contributed by atoms with Crippen LogP contribution in [-0.2, 0) is 11.3 Å². The molecule has 0 bridgehead atoms. The monoisotopic (exact) mass is 224 g/mol. The van der Waals surface area contributed by atoms with Crippen LogP contribution in [0.3, 0.4) is 0 Å². The number of halogens is 1. The molecule has 0 aliphatic carbocycles. The molecule has 0 aliphatic heterocycles. The van der Waals surface area contributed by atoms with Crippen LogP contribution in [-0.4, -0.2) is 12.5 Å². The average molecular weight is 224 g/mol. The van der Waals surface area contributed by atoms with E-state index in [9.17, 15) is 9.18 Å². The number of amides is 1. The van der Waals surface area contributed by atoms with E-state index in [1.54, 1.807) is 26.0 Å². The molecule has 1 aromatic rings. The molecule has 88 valence electrons. The van der Waals surface area contributed by atoms with Gasteiger partial charge in [0, 0.05) is 19.5 Å². The summed E-state index contributed by atoms with van der Waals surface area (Å²) in [6.07, 6.45) is 0.319. The van der Waals surface area contributed by atoms with Gasteiger partial charge >= 0.3 is 0 Å². The summed E-state index contributed by atoms with van der Waals surface area (Å²) in [7, 11) is 0. The first-order valence-electron chi connectivity index (χ1n) is 5.27. The summed E-state index contributed by atoms with van der Waals surface area (Å²) >= 11 is 0. The molecule has 3 nitrogen and oxygen atoms in total. The Hall–Kier alpha value is -1.42. The van der Waals surface area contributed by atoms with Crippen LogP contribution in [0.15, 0.2) is 12.1 Å². The molecule has 16 heavy (non-hydrogen) atoms. The van der Waals surface area contributed by atoms with Crippen LogP contribution in [0.25, 0.3) is 0 Å². The van der Waals surface area contributed by atoms with Gasteiger partial charge in [0.2, 0.25) is 5.91 Å². The molecule has 4 heteroatoms. The molecule has 0 heterocycles. The predicted molar refractivity (Wildman–Crippen MR) is 61.4 cm³/mol. The molecule has 3 N–H and O–H groups in total. The van der Waals surface area contributed by atoms with Gasteiger partial charge in [-0.15, -0.1) is 0 Å². The van der Waals surface area contributed by atoms with Gasteiger partial charge in [-0.1, -0.05) is 12.1 Å². The smallest absolute Gasteiger partial charge is 0.221 e. The maximum absolute atomic E-state index is 13.3. The fraction of sp³-hybridized carbons (Fsp3) is 0.417. The van der Waals surface area contributed by atoms with Crippen molar-refractivity contribution in [1.82, 2.24) is 5.32 Å². The SMILES string of the molecule is Cc1cc(CNC(=O)CCN)cc(C)c1F. The lowest BCUT2D eigenvalue weighted by Crippen LogP contribution is -2.25. The number of rotatable bonds is 4. The lowest BCUT2D eigenvalue weighted by molar-refractivity contribution is -0.121. The van der Waals surface area contributed by atoms with E-state index in [2.05, 4.69) is 5.32 Å². The third-order valence-corrected chi connectivity index (χ3v) is 2.36. The number of hydrogen-bond acceptors (Lipinski definition) is 2. The maximum atomic E-state index is 13.3. The molecule has 0 aromatic heterocycles. The summed E-state index contributed by atoms with van der Waals surface area (Å²) in [4.78, 5) is 11.2. The Morgan fingerprint density at radius 1 is 1.38 bits per heavy atom. The third kappa shape index (κ3) is 3.31. The zero-order valence-corrected chi connectivity index (χ0v) is 9.64. The third-order valence-electron chi connectivity index (χ3n) is 2.36. The molecule has 0 fully saturated rings. The quantitative estimate of drug-likeness (QED) is 0.812. The maximum Gasteiger partial charge on any atom is 0.221 e. The summed E-state index contributed by atoms with van der Waals surface area (Å²) in [5, 5.41) is 2.73. The van der Waals surface area contributed by atoms with Crippen LogP contribution in [0.1, 0.15) is 23.1 Å². The van der Waals surface area contributed by atoms with E-state index in [0.717, 1.165) is 5.56 Å². The van der Waals surface area contributed by atoms with Crippen molar-refractivity contribution < 1.29 is 9.18 Å². The topological polar surface area (TPSA) is 55.1 Å². The number of nitrogens with two attached hydrogens (primary N) is 1. The first-order valence-corrected chi connectivity index (χ1v) is 5.27. The van der Waals surface area contributed by atoms with Crippen molar-refractivity contribution in [2.24, 2.45) is 5.73 Å². The summed E-state index contributed by atoms with van der Waals surface area (Å²) in [5.74, 6) is -0.265. The molecule has 1 aromatic carbocycles. The Labute approximate surface area is 94.8 Å². The lowest BCUT2D eigenvalue weighted by atomic mass is 10.1. The summed E-state index contributed by atoms with van der Waals surface area (Å²) in [6.45, 7) is 4.19. The van der Waals surface area contributed by atoms with Crippen LogP contribution in [0, 0.1) is 19.7 Å². The number of hydrogen-bond donors (Lipinski definition) is 2. The molecule has 0 saturated heterocycles. The van der Waals surface area contributed by atoms with Gasteiger partial charge in [0.1, 0.15) is 5.82 Å². The minimum Gasteiger partial charge on any atom is -0.352 e. The lowest BCUT2D eigenvalue weighted by Gasteiger charge is -2.08. The average Bonchev–Trinajstić information content (AvgIpc) is 2.23. The summed E-state index contributed by atoms with van der Waals surface area (Å²) in [6, 6.07) is 3.48. The Balaban J connectivity index is 2.65. The number of carbonyl (C=O) groups is 1. The van der Waals surface area contributed by atoms with E-state index < -0.39 is 0 Å². The van der Waals surface area contributed by atoms with Crippen LogP contribution >= 0.6 is 0 Å². The summed E-state index contributed by atoms with van der Waals surface area (Å²) in [5.41, 5.74) is 7.36. The number of aryl methyl sites for hydroxylation is 2. The van der Waals surface area contributed by atoms with Crippen molar-refractivity contribution in [2.45, 2.75) is 26.8 Å². The van der Waals surface area contributed by atoms with Crippen LogP contribution in [0.2, 0.25) is 0 Å². The van der Waals surface area contributed by atoms with E-state index >= 15 is 0 Å². The molecular formula is C12H17FN2O. The molecule has 0 unspecified atom stereocenters. The van der Waals surface area contributed by atoms with Gasteiger partial charge in [0.15, 0.2) is 0 Å². The number of carbonyl (C=O) groups excluding carboxylic acids is 1. The Bertz CT molecular complexity index is 368. The van der Waals surface area contributed by atoms with Crippen molar-refractivity contribution in [3.05, 3.63) is 34.6 Å². The van der Waals surface area contributed by atoms with Gasteiger partial charge in [-0.3, -0.25) is 4.79 Å². The standard InChI is InChI=1S/C12H17FN2O/c1-8-5-10(6-9(2)12(8)13)7-15-11(16)3-4-14/h5-6H,3-4,7,14H2,1-2H3,(H,15,16). The van der Waals surface area contributed by atoms with Crippen molar-refractivity contribution in [3.8, 4) is 0 Å². The van der Waals surface area contributed by atoms with E-state index in [0.29, 0.717) is 30.6 Å². The van der Waals surface area contributed by atoms with E-state index in [4.69, 9.17) is 5.73 Å². The minimum atomic E-state index is -0.183. The highest BCUT2D eigenvalue weighted by atomic mass is 19.1. The second-order valence-electron chi connectivity index (χ2n) is 3.86. The predicted octanol–water partition coefficient (Wildman–Crippen LogP) is 1.41. The van der Waals surface area contributed by atoms with E-state index in [1.807, 2.05) is 0 Å². The zero-order chi connectivity index (χ0) is 12.1. The fourth-order valence-corrected chi connectivity index (χ4v) is 1.56. The Kier molecular flexibility index (Phi) is 4.43. The van der Waals surface area contributed by atoms with Crippen LogP contribution in [0.5, 0.6) is 0 Å². The molecule has 1 rings (SSSR count). The Morgan fingerprint density at radius 2 is 1.94 bits per heavy atom. The normalized spacial score (nSPS) is 10.2. The highest BCUT2D eigenvalue weighted by Crippen LogP contribution is 2.14. The molecular weight excluding hydrogens is 207 g/mol. The first-order chi connectivity index (χ1) is 7.54. The highest BCUT2D eigenvalue weighted by Gasteiger charge is 2.05. The first kappa shape index (κ1) is 12.6. The van der Waals surface area contributed by atoms with E-state index in [-0.39, 0.29) is 11.7 Å². The number of nitrogens with one attached hydrogen (secondary N) is 1. The van der Waals surface area contributed by atoms with Crippen molar-refractivity contribution >= 4 is 5.91 Å². The molecule has 0 spiro atoms. The van der Waals surface area contributed by atoms with E-state index in [1.165, 1.54) is 0 Å². The van der Waals surface area contributed by atoms with Gasteiger partial charge in [-0.2, -0.15) is 0 Å². The summed E-state index contributed by atoms with van der Waals surface area (Å²) < 4.78 is 13.3. The molecule has 0 aliphatic rings. The van der Waals surface area contributed by atoms with Gasteiger partial charge in [-0.05, 0) is 30.5 Å². The van der Waals surface area contributed by atoms with Gasteiger partial charge in [0.05, 0.1) is 0 Å². The van der Waals surface area contributed by atoms with Gasteiger partial charge in [-0.25, -0.2) is 4.39 Å².